The molecule has 0 saturated heterocycles. The van der Waals surface area contributed by atoms with Crippen LogP contribution in [0.1, 0.15) is 22.5 Å². The molecule has 0 aliphatic rings. The van der Waals surface area contributed by atoms with Crippen LogP contribution in [0.25, 0.3) is 6.08 Å². The standard InChI is InChI=1S/C22H16F7N3O2/c1-10-21(30-15(33)8-5-12-3-6-13(7-4-12)34-22(28)29)11(2)32(31-10)9-14-16(23)18(25)20(27)19(26)17(14)24/h3-8,22H,9H2,1-2H3,(H,30,33)/b8-5-. The van der Waals surface area contributed by atoms with E-state index in [1.54, 1.807) is 0 Å². The van der Waals surface area contributed by atoms with Crippen LogP contribution in [0.3, 0.4) is 0 Å². The molecule has 5 nitrogen and oxygen atoms in total. The summed E-state index contributed by atoms with van der Waals surface area (Å²) in [4.78, 5) is 12.3. The molecule has 0 saturated carbocycles. The highest BCUT2D eigenvalue weighted by Gasteiger charge is 2.26. The van der Waals surface area contributed by atoms with E-state index in [4.69, 9.17) is 0 Å². The Morgan fingerprint density at radius 3 is 2.12 bits per heavy atom. The maximum atomic E-state index is 14.0. The van der Waals surface area contributed by atoms with Crippen molar-refractivity contribution in [3.8, 4) is 5.75 Å². The molecule has 0 spiro atoms. The number of aromatic nitrogens is 2. The lowest BCUT2D eigenvalue weighted by atomic mass is 10.1. The molecular formula is C22H16F7N3O2. The largest absolute Gasteiger partial charge is 0.435 e. The van der Waals surface area contributed by atoms with Crippen LogP contribution in [-0.2, 0) is 11.3 Å². The van der Waals surface area contributed by atoms with Crippen molar-refractivity contribution in [2.75, 3.05) is 5.32 Å². The summed E-state index contributed by atoms with van der Waals surface area (Å²) in [5.74, 6) is -11.0. The minimum absolute atomic E-state index is 0.0518. The quantitative estimate of drug-likeness (QED) is 0.207. The predicted molar refractivity (Wildman–Crippen MR) is 108 cm³/mol. The molecule has 3 aromatic rings. The lowest BCUT2D eigenvalue weighted by molar-refractivity contribution is -0.111. The number of carbonyl (C=O) groups is 1. The van der Waals surface area contributed by atoms with E-state index in [0.29, 0.717) is 5.56 Å². The van der Waals surface area contributed by atoms with Gasteiger partial charge in [0.25, 0.3) is 0 Å². The first-order valence-electron chi connectivity index (χ1n) is 9.57. The number of anilines is 1. The second-order valence-corrected chi connectivity index (χ2v) is 7.02. The van der Waals surface area contributed by atoms with Gasteiger partial charge in [-0.3, -0.25) is 9.48 Å². The lowest BCUT2D eigenvalue weighted by Gasteiger charge is -2.10. The number of alkyl halides is 2. The summed E-state index contributed by atoms with van der Waals surface area (Å²) in [5, 5.41) is 6.53. The van der Waals surface area contributed by atoms with Gasteiger partial charge in [-0.15, -0.1) is 0 Å². The van der Waals surface area contributed by atoms with Crippen LogP contribution < -0.4 is 10.1 Å². The summed E-state index contributed by atoms with van der Waals surface area (Å²) in [6.07, 6.45) is 2.54. The van der Waals surface area contributed by atoms with E-state index < -0.39 is 53.7 Å². The van der Waals surface area contributed by atoms with Crippen molar-refractivity contribution in [1.29, 1.82) is 0 Å². The number of benzene rings is 2. The molecule has 2 aromatic carbocycles. The number of aryl methyl sites for hydroxylation is 1. The molecule has 12 heteroatoms. The monoisotopic (exact) mass is 487 g/mol. The molecule has 0 unspecified atom stereocenters. The fourth-order valence-electron chi connectivity index (χ4n) is 3.07. The molecule has 1 amide bonds. The Labute approximate surface area is 188 Å². The SMILES string of the molecule is Cc1nn(Cc2c(F)c(F)c(F)c(F)c2F)c(C)c1NC(=O)/C=C\c1ccc(OC(F)F)cc1. The van der Waals surface area contributed by atoms with Gasteiger partial charge < -0.3 is 10.1 Å². The van der Waals surface area contributed by atoms with Crippen molar-refractivity contribution in [3.05, 3.63) is 81.9 Å². The number of amides is 1. The molecule has 0 fully saturated rings. The summed E-state index contributed by atoms with van der Waals surface area (Å²) >= 11 is 0. The van der Waals surface area contributed by atoms with Crippen LogP contribution in [-0.4, -0.2) is 22.3 Å². The molecular weight excluding hydrogens is 471 g/mol. The molecule has 1 heterocycles. The number of halogens is 7. The first-order valence-corrected chi connectivity index (χ1v) is 9.57. The fraction of sp³-hybridized carbons (Fsp3) is 0.182. The third kappa shape index (κ3) is 5.21. The van der Waals surface area contributed by atoms with Gasteiger partial charge >= 0.3 is 6.61 Å². The van der Waals surface area contributed by atoms with E-state index in [0.717, 1.165) is 10.8 Å². The maximum Gasteiger partial charge on any atom is 0.387 e. The Kier molecular flexibility index (Phi) is 7.28. The van der Waals surface area contributed by atoms with Gasteiger partial charge in [0.1, 0.15) is 5.75 Å². The maximum absolute atomic E-state index is 14.0. The third-order valence-electron chi connectivity index (χ3n) is 4.77. The lowest BCUT2D eigenvalue weighted by Crippen LogP contribution is -2.13. The molecule has 1 aromatic heterocycles. The highest BCUT2D eigenvalue weighted by Crippen LogP contribution is 2.26. The van der Waals surface area contributed by atoms with Gasteiger partial charge in [0.15, 0.2) is 23.3 Å². The van der Waals surface area contributed by atoms with E-state index >= 15 is 0 Å². The van der Waals surface area contributed by atoms with Crippen molar-refractivity contribution in [3.63, 3.8) is 0 Å². The van der Waals surface area contributed by atoms with Gasteiger partial charge in [-0.05, 0) is 37.6 Å². The zero-order valence-corrected chi connectivity index (χ0v) is 17.6. The minimum atomic E-state index is -2.96. The fourth-order valence-corrected chi connectivity index (χ4v) is 3.07. The molecule has 0 atom stereocenters. The van der Waals surface area contributed by atoms with Crippen LogP contribution >= 0.6 is 0 Å². The molecule has 0 radical (unpaired) electrons. The molecule has 0 aliphatic heterocycles. The molecule has 0 aliphatic carbocycles. The van der Waals surface area contributed by atoms with Gasteiger partial charge in [-0.25, -0.2) is 22.0 Å². The van der Waals surface area contributed by atoms with E-state index in [9.17, 15) is 35.5 Å². The first-order chi connectivity index (χ1) is 16.0. The summed E-state index contributed by atoms with van der Waals surface area (Å²) in [7, 11) is 0. The third-order valence-corrected chi connectivity index (χ3v) is 4.77. The van der Waals surface area contributed by atoms with E-state index in [2.05, 4.69) is 15.2 Å². The average Bonchev–Trinajstić information content (AvgIpc) is 3.05. The summed E-state index contributed by atoms with van der Waals surface area (Å²) in [5.41, 5.74) is 0.0544. The number of rotatable bonds is 7. The number of hydrogen-bond acceptors (Lipinski definition) is 3. The zero-order chi connectivity index (χ0) is 25.2. The molecule has 3 rings (SSSR count). The Morgan fingerprint density at radius 1 is 1.00 bits per heavy atom. The summed E-state index contributed by atoms with van der Waals surface area (Å²) in [6.45, 7) is -0.818. The minimum Gasteiger partial charge on any atom is -0.435 e. The van der Waals surface area contributed by atoms with Gasteiger partial charge in [-0.1, -0.05) is 12.1 Å². The topological polar surface area (TPSA) is 56.2 Å². The smallest absolute Gasteiger partial charge is 0.387 e. The Hall–Kier alpha value is -3.83. The van der Waals surface area contributed by atoms with E-state index in [1.165, 1.54) is 44.2 Å². The van der Waals surface area contributed by atoms with Crippen LogP contribution in [0.2, 0.25) is 0 Å². The second kappa shape index (κ2) is 9.98. The Bertz CT molecular complexity index is 1230. The van der Waals surface area contributed by atoms with E-state index in [1.807, 2.05) is 0 Å². The van der Waals surface area contributed by atoms with Crippen LogP contribution in [0, 0.1) is 42.9 Å². The van der Waals surface area contributed by atoms with Gasteiger partial charge in [0.2, 0.25) is 11.7 Å². The van der Waals surface area contributed by atoms with Gasteiger partial charge in [0, 0.05) is 6.08 Å². The van der Waals surface area contributed by atoms with Gasteiger partial charge in [-0.2, -0.15) is 13.9 Å². The molecule has 0 bridgehead atoms. The van der Waals surface area contributed by atoms with Crippen LogP contribution in [0.4, 0.5) is 36.4 Å². The summed E-state index contributed by atoms with van der Waals surface area (Å²) in [6, 6.07) is 5.48. The Morgan fingerprint density at radius 2 is 1.56 bits per heavy atom. The van der Waals surface area contributed by atoms with Crippen LogP contribution in [0.15, 0.2) is 30.3 Å². The number of carbonyl (C=O) groups excluding carboxylic acids is 1. The highest BCUT2D eigenvalue weighted by molar-refractivity contribution is 6.02. The van der Waals surface area contributed by atoms with Gasteiger partial charge in [0.05, 0.1) is 29.2 Å². The van der Waals surface area contributed by atoms with Crippen LogP contribution in [0.5, 0.6) is 5.75 Å². The van der Waals surface area contributed by atoms with Crippen molar-refractivity contribution < 1.29 is 40.3 Å². The first kappa shape index (κ1) is 24.8. The number of nitrogens with one attached hydrogen (secondary N) is 1. The van der Waals surface area contributed by atoms with Crippen molar-refractivity contribution >= 4 is 17.7 Å². The normalized spacial score (nSPS) is 11.5. The molecule has 34 heavy (non-hydrogen) atoms. The average molecular weight is 487 g/mol. The molecule has 180 valence electrons. The number of nitrogens with zero attached hydrogens (tertiary/aromatic N) is 2. The number of hydrogen-bond donors (Lipinski definition) is 1. The number of ether oxygens (including phenoxy) is 1. The van der Waals surface area contributed by atoms with E-state index in [-0.39, 0.29) is 22.8 Å². The Balaban J connectivity index is 1.76. The zero-order valence-electron chi connectivity index (χ0n) is 17.6. The second-order valence-electron chi connectivity index (χ2n) is 7.02. The van der Waals surface area contributed by atoms with Crippen molar-refractivity contribution in [1.82, 2.24) is 9.78 Å². The highest BCUT2D eigenvalue weighted by atomic mass is 19.3. The predicted octanol–water partition coefficient (Wildman–Crippen LogP) is 5.50. The molecule has 1 N–H and O–H groups in total. The van der Waals surface area contributed by atoms with Crippen molar-refractivity contribution in [2.45, 2.75) is 27.0 Å². The summed E-state index contributed by atoms with van der Waals surface area (Å²) < 4.78 is 97.8. The van der Waals surface area contributed by atoms with Crippen molar-refractivity contribution in [2.24, 2.45) is 0 Å².